The van der Waals surface area contributed by atoms with Crippen LogP contribution in [0.2, 0.25) is 0 Å². The summed E-state index contributed by atoms with van der Waals surface area (Å²) in [6.07, 6.45) is 5.31. The summed E-state index contributed by atoms with van der Waals surface area (Å²) in [5, 5.41) is 19.4. The van der Waals surface area contributed by atoms with E-state index < -0.39 is 5.60 Å². The molecule has 1 aromatic rings. The molecule has 4 heteroatoms. The van der Waals surface area contributed by atoms with Crippen LogP contribution in [0.15, 0.2) is 18.3 Å². The number of ether oxygens (including phenoxy) is 1. The monoisotopic (exact) mass is 230 g/mol. The fourth-order valence-electron chi connectivity index (χ4n) is 2.89. The van der Waals surface area contributed by atoms with Crippen molar-refractivity contribution in [2.45, 2.75) is 43.5 Å². The van der Waals surface area contributed by atoms with Crippen LogP contribution < -0.4 is 0 Å². The summed E-state index contributed by atoms with van der Waals surface area (Å²) >= 11 is 0. The lowest BCUT2D eigenvalue weighted by Crippen LogP contribution is -2.38. The van der Waals surface area contributed by atoms with Crippen molar-refractivity contribution in [3.63, 3.8) is 0 Å². The zero-order valence-corrected chi connectivity index (χ0v) is 9.47. The predicted octanol–water partition coefficient (Wildman–Crippen LogP) is 1.48. The molecule has 2 aliphatic heterocycles. The molecule has 2 fully saturated rings. The summed E-state index contributed by atoms with van der Waals surface area (Å²) in [4.78, 5) is 4.03. The largest absolute Gasteiger partial charge is 0.385 e. The summed E-state index contributed by atoms with van der Waals surface area (Å²) in [5.41, 5.74) is 0.356. The van der Waals surface area contributed by atoms with E-state index in [0.29, 0.717) is 18.5 Å². The smallest absolute Gasteiger partial charge is 0.140 e. The highest BCUT2D eigenvalue weighted by molar-refractivity contribution is 5.27. The number of aliphatic hydroxyl groups is 1. The van der Waals surface area contributed by atoms with Gasteiger partial charge in [-0.2, -0.15) is 5.26 Å². The molecule has 0 amide bonds. The van der Waals surface area contributed by atoms with Crippen LogP contribution in [0.1, 0.15) is 36.9 Å². The maximum Gasteiger partial charge on any atom is 0.140 e. The van der Waals surface area contributed by atoms with E-state index in [0.717, 1.165) is 18.4 Å². The van der Waals surface area contributed by atoms with Gasteiger partial charge in [0, 0.05) is 24.6 Å². The van der Waals surface area contributed by atoms with Crippen molar-refractivity contribution in [1.82, 2.24) is 4.98 Å². The number of pyridine rings is 1. The Balaban J connectivity index is 1.89. The molecule has 0 aromatic carbocycles. The van der Waals surface area contributed by atoms with Gasteiger partial charge in [-0.1, -0.05) is 6.07 Å². The third-order valence-electron chi connectivity index (χ3n) is 3.74. The first-order valence-electron chi connectivity index (χ1n) is 5.94. The first kappa shape index (κ1) is 10.7. The van der Waals surface area contributed by atoms with Crippen LogP contribution in [0, 0.1) is 11.3 Å². The predicted molar refractivity (Wildman–Crippen MR) is 60.0 cm³/mol. The number of hydrogen-bond donors (Lipinski definition) is 1. The lowest BCUT2D eigenvalue weighted by molar-refractivity contribution is -0.115. The summed E-state index contributed by atoms with van der Waals surface area (Å²) in [6.45, 7) is 0. The highest BCUT2D eigenvalue weighted by Crippen LogP contribution is 2.43. The van der Waals surface area contributed by atoms with Crippen molar-refractivity contribution >= 4 is 0 Å². The van der Waals surface area contributed by atoms with Gasteiger partial charge < -0.3 is 9.84 Å². The van der Waals surface area contributed by atoms with Crippen LogP contribution in [0.3, 0.4) is 0 Å². The fourth-order valence-corrected chi connectivity index (χ4v) is 2.89. The van der Waals surface area contributed by atoms with Gasteiger partial charge >= 0.3 is 0 Å². The fraction of sp³-hybridized carbons (Fsp3) is 0.538. The van der Waals surface area contributed by atoms with Crippen LogP contribution in [-0.4, -0.2) is 22.3 Å². The molecule has 0 saturated carbocycles. The molecule has 0 spiro atoms. The van der Waals surface area contributed by atoms with Gasteiger partial charge in [-0.3, -0.25) is 0 Å². The Morgan fingerprint density at radius 1 is 1.35 bits per heavy atom. The zero-order valence-electron chi connectivity index (χ0n) is 9.47. The van der Waals surface area contributed by atoms with Gasteiger partial charge in [-0.05, 0) is 18.9 Å². The Morgan fingerprint density at radius 3 is 2.59 bits per heavy atom. The third-order valence-corrected chi connectivity index (χ3v) is 3.74. The molecule has 0 aliphatic carbocycles. The van der Waals surface area contributed by atoms with Gasteiger partial charge in [0.15, 0.2) is 0 Å². The lowest BCUT2D eigenvalue weighted by Gasteiger charge is -2.36. The summed E-state index contributed by atoms with van der Waals surface area (Å²) in [6, 6.07) is 5.44. The van der Waals surface area contributed by atoms with Crippen molar-refractivity contribution in [2.75, 3.05) is 0 Å². The topological polar surface area (TPSA) is 66.1 Å². The van der Waals surface area contributed by atoms with Gasteiger partial charge in [-0.25, -0.2) is 4.98 Å². The first-order chi connectivity index (χ1) is 8.19. The number of hydrogen-bond acceptors (Lipinski definition) is 4. The maximum atomic E-state index is 10.7. The third kappa shape index (κ3) is 1.82. The summed E-state index contributed by atoms with van der Waals surface area (Å²) in [5.74, 6) is 0. The number of aromatic nitrogens is 1. The van der Waals surface area contributed by atoms with Crippen LogP contribution in [0.4, 0.5) is 0 Å². The number of rotatable bonds is 1. The minimum Gasteiger partial charge on any atom is -0.385 e. The minimum atomic E-state index is -0.828. The van der Waals surface area contributed by atoms with Crippen LogP contribution in [-0.2, 0) is 10.3 Å². The average Bonchev–Trinajstić information content (AvgIpc) is 2.69. The molecule has 4 nitrogen and oxygen atoms in total. The van der Waals surface area contributed by atoms with Gasteiger partial charge in [0.05, 0.1) is 17.8 Å². The van der Waals surface area contributed by atoms with E-state index in [1.807, 2.05) is 6.07 Å². The van der Waals surface area contributed by atoms with Crippen molar-refractivity contribution < 1.29 is 9.84 Å². The zero-order chi connectivity index (χ0) is 11.9. The molecule has 0 radical (unpaired) electrons. The molecule has 1 N–H and O–H groups in total. The second-order valence-electron chi connectivity index (χ2n) is 4.94. The Bertz CT molecular complexity index is 451. The summed E-state index contributed by atoms with van der Waals surface area (Å²) in [7, 11) is 0. The molecule has 17 heavy (non-hydrogen) atoms. The van der Waals surface area contributed by atoms with Gasteiger partial charge in [0.25, 0.3) is 0 Å². The average molecular weight is 230 g/mol. The van der Waals surface area contributed by atoms with Gasteiger partial charge in [0.1, 0.15) is 11.8 Å². The lowest BCUT2D eigenvalue weighted by atomic mass is 9.84. The molecule has 2 saturated heterocycles. The minimum absolute atomic E-state index is 0.175. The van der Waals surface area contributed by atoms with E-state index >= 15 is 0 Å². The second-order valence-corrected chi connectivity index (χ2v) is 4.94. The van der Waals surface area contributed by atoms with Gasteiger partial charge in [-0.15, -0.1) is 0 Å². The Hall–Kier alpha value is -1.44. The Kier molecular flexibility index (Phi) is 2.39. The normalized spacial score (nSPS) is 35.5. The van der Waals surface area contributed by atoms with Crippen LogP contribution in [0.5, 0.6) is 0 Å². The standard InChI is InChI=1S/C13H14N2O2/c14-7-10-2-1-9(8-15-10)13(16)5-11-3-4-12(6-13)17-11/h1-2,8,11-12,16H,3-6H2. The van der Waals surface area contributed by atoms with E-state index in [9.17, 15) is 5.11 Å². The molecule has 3 rings (SSSR count). The van der Waals surface area contributed by atoms with Crippen molar-refractivity contribution in [2.24, 2.45) is 0 Å². The number of fused-ring (bicyclic) bond motifs is 2. The van der Waals surface area contributed by atoms with E-state index in [1.165, 1.54) is 0 Å². The van der Waals surface area contributed by atoms with Crippen LogP contribution >= 0.6 is 0 Å². The number of nitriles is 1. The number of nitrogens with zero attached hydrogens (tertiary/aromatic N) is 2. The van der Waals surface area contributed by atoms with Crippen molar-refractivity contribution in [3.05, 3.63) is 29.6 Å². The molecule has 3 heterocycles. The van der Waals surface area contributed by atoms with E-state index in [4.69, 9.17) is 10.00 Å². The molecule has 2 bridgehead atoms. The van der Waals surface area contributed by atoms with Crippen molar-refractivity contribution in [1.29, 1.82) is 5.26 Å². The van der Waals surface area contributed by atoms with E-state index in [1.54, 1.807) is 18.3 Å². The highest BCUT2D eigenvalue weighted by Gasteiger charge is 2.44. The van der Waals surface area contributed by atoms with Gasteiger partial charge in [0.2, 0.25) is 0 Å². The Labute approximate surface area is 99.9 Å². The maximum absolute atomic E-state index is 10.7. The highest BCUT2D eigenvalue weighted by atomic mass is 16.5. The molecule has 88 valence electrons. The quantitative estimate of drug-likeness (QED) is 0.793. The molecular weight excluding hydrogens is 216 g/mol. The molecule has 2 unspecified atom stereocenters. The van der Waals surface area contributed by atoms with Crippen molar-refractivity contribution in [3.8, 4) is 6.07 Å². The molecule has 2 aliphatic rings. The molecule has 1 aromatic heterocycles. The van der Waals surface area contributed by atoms with E-state index in [2.05, 4.69) is 4.98 Å². The molecular formula is C13H14N2O2. The Morgan fingerprint density at radius 2 is 2.06 bits per heavy atom. The SMILES string of the molecule is N#Cc1ccc(C2(O)CC3CCC(C2)O3)cn1. The van der Waals surface area contributed by atoms with E-state index in [-0.39, 0.29) is 12.2 Å². The summed E-state index contributed by atoms with van der Waals surface area (Å²) < 4.78 is 5.73. The molecule has 2 atom stereocenters. The van der Waals surface area contributed by atoms with Crippen LogP contribution in [0.25, 0.3) is 0 Å². The first-order valence-corrected chi connectivity index (χ1v) is 5.94. The second kappa shape index (κ2) is 3.80.